The third-order valence-electron chi connectivity index (χ3n) is 4.45. The number of nitrogens with one attached hydrogen (secondary N) is 1. The van der Waals surface area contributed by atoms with Gasteiger partial charge in [-0.2, -0.15) is 4.98 Å². The van der Waals surface area contributed by atoms with Crippen molar-refractivity contribution in [3.05, 3.63) is 11.9 Å². The molecule has 2 unspecified atom stereocenters. The number of nitrogens with two attached hydrogens (primary N) is 1. The number of anilines is 1. The molecular formula is C15H24N4O. The largest absolute Gasteiger partial charge is 0.474 e. The minimum atomic E-state index is 0.293. The Balaban J connectivity index is 1.76. The Labute approximate surface area is 120 Å². The topological polar surface area (TPSA) is 73.1 Å². The van der Waals surface area contributed by atoms with Crippen LogP contribution in [0.25, 0.3) is 0 Å². The molecule has 110 valence electrons. The third-order valence-corrected chi connectivity index (χ3v) is 4.45. The quantitative estimate of drug-likeness (QED) is 0.639. The summed E-state index contributed by atoms with van der Waals surface area (Å²) in [4.78, 5) is 9.00. The predicted octanol–water partition coefficient (Wildman–Crippen LogP) is 2.99. The first kappa shape index (κ1) is 13.6. The van der Waals surface area contributed by atoms with Gasteiger partial charge >= 0.3 is 0 Å². The van der Waals surface area contributed by atoms with E-state index < -0.39 is 0 Å². The zero-order valence-corrected chi connectivity index (χ0v) is 12.1. The van der Waals surface area contributed by atoms with Crippen molar-refractivity contribution >= 4 is 5.82 Å². The van der Waals surface area contributed by atoms with Gasteiger partial charge in [0, 0.05) is 12.0 Å². The van der Waals surface area contributed by atoms with Crippen molar-refractivity contribution in [2.75, 3.05) is 5.43 Å². The fourth-order valence-electron chi connectivity index (χ4n) is 3.05. The van der Waals surface area contributed by atoms with E-state index in [9.17, 15) is 0 Å². The van der Waals surface area contributed by atoms with Gasteiger partial charge in [0.2, 0.25) is 5.88 Å². The van der Waals surface area contributed by atoms with Crippen molar-refractivity contribution in [2.24, 2.45) is 11.8 Å². The summed E-state index contributed by atoms with van der Waals surface area (Å²) in [5.74, 6) is 8.86. The predicted molar refractivity (Wildman–Crippen MR) is 78.5 cm³/mol. The fraction of sp³-hybridized carbons (Fsp3) is 0.733. The van der Waals surface area contributed by atoms with Crippen LogP contribution in [0.1, 0.15) is 63.6 Å². The first-order valence-electron chi connectivity index (χ1n) is 7.82. The van der Waals surface area contributed by atoms with Crippen LogP contribution in [0.2, 0.25) is 0 Å². The lowest BCUT2D eigenvalue weighted by Crippen LogP contribution is -2.30. The van der Waals surface area contributed by atoms with Crippen LogP contribution < -0.4 is 16.0 Å². The van der Waals surface area contributed by atoms with Crippen molar-refractivity contribution in [1.29, 1.82) is 0 Å². The highest BCUT2D eigenvalue weighted by Gasteiger charge is 2.29. The average Bonchev–Trinajstić information content (AvgIpc) is 3.32. The zero-order valence-electron chi connectivity index (χ0n) is 12.1. The van der Waals surface area contributed by atoms with Gasteiger partial charge in [-0.05, 0) is 44.4 Å². The van der Waals surface area contributed by atoms with Crippen molar-refractivity contribution in [3.8, 4) is 5.88 Å². The van der Waals surface area contributed by atoms with Crippen LogP contribution in [0, 0.1) is 5.92 Å². The summed E-state index contributed by atoms with van der Waals surface area (Å²) in [6, 6.07) is 1.81. The molecule has 0 spiro atoms. The van der Waals surface area contributed by atoms with Crippen molar-refractivity contribution in [3.63, 3.8) is 0 Å². The second-order valence-electron chi connectivity index (χ2n) is 5.98. The summed E-state index contributed by atoms with van der Waals surface area (Å²) in [7, 11) is 0. The molecule has 1 heterocycles. The molecule has 2 fully saturated rings. The highest BCUT2D eigenvalue weighted by molar-refractivity contribution is 5.38. The number of aromatic nitrogens is 2. The Morgan fingerprint density at radius 2 is 2.05 bits per heavy atom. The Morgan fingerprint density at radius 1 is 1.25 bits per heavy atom. The molecule has 0 aliphatic heterocycles. The Bertz CT molecular complexity index is 461. The molecule has 5 nitrogen and oxygen atoms in total. The third kappa shape index (κ3) is 3.03. The normalized spacial score (nSPS) is 26.3. The van der Waals surface area contributed by atoms with E-state index in [4.69, 9.17) is 10.6 Å². The highest BCUT2D eigenvalue weighted by atomic mass is 16.5. The molecule has 1 aromatic heterocycles. The van der Waals surface area contributed by atoms with E-state index in [0.29, 0.717) is 29.6 Å². The van der Waals surface area contributed by atoms with Crippen LogP contribution in [0.3, 0.4) is 0 Å². The van der Waals surface area contributed by atoms with Gasteiger partial charge in [0.05, 0.1) is 0 Å². The van der Waals surface area contributed by atoms with Gasteiger partial charge in [-0.25, -0.2) is 10.8 Å². The SMILES string of the molecule is CCC1CCCCC1Oc1cc(NN)nc(C2CC2)n1. The van der Waals surface area contributed by atoms with E-state index in [1.807, 2.05) is 6.07 Å². The highest BCUT2D eigenvalue weighted by Crippen LogP contribution is 2.39. The van der Waals surface area contributed by atoms with Gasteiger partial charge in [-0.1, -0.05) is 13.3 Å². The lowest BCUT2D eigenvalue weighted by molar-refractivity contribution is 0.0855. The Kier molecular flexibility index (Phi) is 4.05. The van der Waals surface area contributed by atoms with E-state index in [1.54, 1.807) is 0 Å². The molecule has 0 bridgehead atoms. The van der Waals surface area contributed by atoms with Crippen molar-refractivity contribution < 1.29 is 4.74 Å². The molecular weight excluding hydrogens is 252 g/mol. The van der Waals surface area contributed by atoms with Crippen LogP contribution in [-0.4, -0.2) is 16.1 Å². The summed E-state index contributed by atoms with van der Waals surface area (Å²) in [6.07, 6.45) is 8.79. The number of nitrogen functional groups attached to an aromatic ring is 1. The number of hydrazine groups is 1. The first-order valence-corrected chi connectivity index (χ1v) is 7.82. The second-order valence-corrected chi connectivity index (χ2v) is 5.98. The molecule has 0 aromatic carbocycles. The average molecular weight is 276 g/mol. The molecule has 2 saturated carbocycles. The summed E-state index contributed by atoms with van der Waals surface area (Å²) in [6.45, 7) is 2.24. The fourth-order valence-corrected chi connectivity index (χ4v) is 3.05. The Hall–Kier alpha value is -1.36. The monoisotopic (exact) mass is 276 g/mol. The number of ether oxygens (including phenoxy) is 1. The van der Waals surface area contributed by atoms with Gasteiger partial charge in [-0.3, -0.25) is 0 Å². The number of hydrogen-bond donors (Lipinski definition) is 2. The molecule has 0 amide bonds. The molecule has 2 aliphatic carbocycles. The second kappa shape index (κ2) is 5.95. The van der Waals surface area contributed by atoms with E-state index in [1.165, 1.54) is 38.5 Å². The lowest BCUT2D eigenvalue weighted by atomic mass is 9.85. The van der Waals surface area contributed by atoms with Crippen molar-refractivity contribution in [2.45, 2.75) is 63.9 Å². The molecule has 20 heavy (non-hydrogen) atoms. The van der Waals surface area contributed by atoms with Crippen molar-refractivity contribution in [1.82, 2.24) is 9.97 Å². The lowest BCUT2D eigenvalue weighted by Gasteiger charge is -2.30. The number of hydrogen-bond acceptors (Lipinski definition) is 5. The molecule has 0 saturated heterocycles. The number of rotatable bonds is 5. The summed E-state index contributed by atoms with van der Waals surface area (Å²) in [5.41, 5.74) is 2.62. The van der Waals surface area contributed by atoms with E-state index >= 15 is 0 Å². The first-order chi connectivity index (χ1) is 9.80. The smallest absolute Gasteiger partial charge is 0.219 e. The number of nitrogens with zero attached hydrogens (tertiary/aromatic N) is 2. The van der Waals surface area contributed by atoms with Gasteiger partial charge in [0.1, 0.15) is 17.7 Å². The standard InChI is InChI=1S/C15H24N4O/c1-2-10-5-3-4-6-12(10)20-14-9-13(19-16)17-15(18-14)11-7-8-11/h9-12H,2-8,16H2,1H3,(H,17,18,19). The minimum Gasteiger partial charge on any atom is -0.474 e. The van der Waals surface area contributed by atoms with Crippen LogP contribution >= 0.6 is 0 Å². The van der Waals surface area contributed by atoms with Gasteiger partial charge in [0.25, 0.3) is 0 Å². The summed E-state index contributed by atoms with van der Waals surface area (Å²) < 4.78 is 6.17. The maximum atomic E-state index is 6.17. The van der Waals surface area contributed by atoms with E-state index in [0.717, 1.165) is 12.2 Å². The Morgan fingerprint density at radius 3 is 2.75 bits per heavy atom. The maximum absolute atomic E-state index is 6.17. The minimum absolute atomic E-state index is 0.293. The van der Waals surface area contributed by atoms with Crippen LogP contribution in [-0.2, 0) is 0 Å². The molecule has 2 atom stereocenters. The van der Waals surface area contributed by atoms with Crippen LogP contribution in [0.4, 0.5) is 5.82 Å². The van der Waals surface area contributed by atoms with Crippen LogP contribution in [0.5, 0.6) is 5.88 Å². The van der Waals surface area contributed by atoms with Gasteiger partial charge in [-0.15, -0.1) is 0 Å². The molecule has 0 radical (unpaired) electrons. The molecule has 3 N–H and O–H groups in total. The molecule has 1 aromatic rings. The maximum Gasteiger partial charge on any atom is 0.219 e. The van der Waals surface area contributed by atoms with Gasteiger partial charge < -0.3 is 10.2 Å². The molecule has 2 aliphatic rings. The molecule has 3 rings (SSSR count). The molecule has 5 heteroatoms. The van der Waals surface area contributed by atoms with Gasteiger partial charge in [0.15, 0.2) is 0 Å². The van der Waals surface area contributed by atoms with E-state index in [2.05, 4.69) is 22.3 Å². The van der Waals surface area contributed by atoms with Crippen LogP contribution in [0.15, 0.2) is 6.07 Å². The zero-order chi connectivity index (χ0) is 13.9. The summed E-state index contributed by atoms with van der Waals surface area (Å²) in [5, 5.41) is 0. The summed E-state index contributed by atoms with van der Waals surface area (Å²) >= 11 is 0. The van der Waals surface area contributed by atoms with E-state index in [-0.39, 0.29) is 0 Å².